The molecule has 0 spiro atoms. The Kier molecular flexibility index (Phi) is 3.77. The molecule has 0 fully saturated rings. The lowest BCUT2D eigenvalue weighted by Gasteiger charge is -1.97. The average Bonchev–Trinajstić information content (AvgIpc) is 2.57. The Morgan fingerprint density at radius 1 is 1.38 bits per heavy atom. The summed E-state index contributed by atoms with van der Waals surface area (Å²) in [6.45, 7) is 2.11. The van der Waals surface area contributed by atoms with Crippen molar-refractivity contribution in [3.8, 4) is 0 Å². The first kappa shape index (κ1) is 11.8. The lowest BCUT2D eigenvalue weighted by Crippen LogP contribution is -2.02. The van der Waals surface area contributed by atoms with Crippen LogP contribution >= 0.6 is 27.3 Å². The first-order valence-electron chi connectivity index (χ1n) is 5.27. The summed E-state index contributed by atoms with van der Waals surface area (Å²) in [6.07, 6.45) is 1.20. The van der Waals surface area contributed by atoms with Crippen molar-refractivity contribution in [3.63, 3.8) is 0 Å². The number of benzene rings is 1. The summed E-state index contributed by atoms with van der Waals surface area (Å²) < 4.78 is 1.28. The normalized spacial score (nSPS) is 10.9. The lowest BCUT2D eigenvalue weighted by atomic mass is 10.1. The number of aryl methyl sites for hydroxylation is 1. The van der Waals surface area contributed by atoms with Gasteiger partial charge < -0.3 is 0 Å². The van der Waals surface area contributed by atoms with Gasteiger partial charge in [-0.3, -0.25) is 4.79 Å². The third-order valence-corrected chi connectivity index (χ3v) is 4.34. The van der Waals surface area contributed by atoms with Crippen LogP contribution in [0.1, 0.15) is 16.9 Å². The molecule has 0 radical (unpaired) electrons. The second-order valence-electron chi connectivity index (χ2n) is 3.80. The first-order valence-corrected chi connectivity index (χ1v) is 7.21. The smallest absolute Gasteiger partial charge is 0.138 e. The maximum atomic E-state index is 11.6. The molecule has 0 saturated heterocycles. The topological polar surface area (TPSA) is 17.1 Å². The number of thiophene rings is 1. The van der Waals surface area contributed by atoms with Crippen LogP contribution in [0.4, 0.5) is 0 Å². The molecule has 16 heavy (non-hydrogen) atoms. The van der Waals surface area contributed by atoms with Gasteiger partial charge in [0.2, 0.25) is 0 Å². The molecular formula is C13H13BrOS. The van der Waals surface area contributed by atoms with Crippen molar-refractivity contribution in [2.45, 2.75) is 19.8 Å². The maximum Gasteiger partial charge on any atom is 0.138 e. The highest BCUT2D eigenvalue weighted by Gasteiger charge is 2.11. The van der Waals surface area contributed by atoms with E-state index in [0.29, 0.717) is 18.6 Å². The predicted octanol–water partition coefficient (Wildman–Crippen LogP) is 4.11. The molecule has 0 amide bonds. The van der Waals surface area contributed by atoms with Gasteiger partial charge in [0, 0.05) is 27.7 Å². The van der Waals surface area contributed by atoms with E-state index in [4.69, 9.17) is 0 Å². The third kappa shape index (κ3) is 2.36. The number of Topliss-reactive ketones (excluding diaryl/α,β-unsaturated/α-hetero) is 1. The number of hydrogen-bond donors (Lipinski definition) is 0. The Morgan fingerprint density at radius 3 is 2.81 bits per heavy atom. The molecule has 1 heterocycles. The van der Waals surface area contributed by atoms with Gasteiger partial charge in [0.15, 0.2) is 0 Å². The monoisotopic (exact) mass is 296 g/mol. The highest BCUT2D eigenvalue weighted by Crippen LogP contribution is 2.31. The van der Waals surface area contributed by atoms with Crippen molar-refractivity contribution >= 4 is 43.1 Å². The van der Waals surface area contributed by atoms with Gasteiger partial charge in [-0.25, -0.2) is 0 Å². The number of hydrogen-bond acceptors (Lipinski definition) is 2. The van der Waals surface area contributed by atoms with Gasteiger partial charge in [-0.2, -0.15) is 0 Å². The van der Waals surface area contributed by atoms with Crippen molar-refractivity contribution in [2.24, 2.45) is 0 Å². The number of rotatable bonds is 4. The van der Waals surface area contributed by atoms with Gasteiger partial charge in [-0.1, -0.05) is 34.1 Å². The molecule has 1 aromatic heterocycles. The van der Waals surface area contributed by atoms with E-state index < -0.39 is 0 Å². The Balaban J connectivity index is 2.31. The van der Waals surface area contributed by atoms with E-state index in [-0.39, 0.29) is 0 Å². The molecule has 0 atom stereocenters. The summed E-state index contributed by atoms with van der Waals surface area (Å²) in [5.74, 6) is 0.312. The zero-order valence-electron chi connectivity index (χ0n) is 9.13. The molecule has 3 heteroatoms. The van der Waals surface area contributed by atoms with Crippen LogP contribution in [0.2, 0.25) is 0 Å². The first-order chi connectivity index (χ1) is 7.72. The summed E-state index contributed by atoms with van der Waals surface area (Å²) in [6, 6.07) is 8.33. The summed E-state index contributed by atoms with van der Waals surface area (Å²) in [4.78, 5) is 12.8. The molecule has 1 nitrogen and oxygen atoms in total. The quantitative estimate of drug-likeness (QED) is 0.776. The summed E-state index contributed by atoms with van der Waals surface area (Å²) in [7, 11) is 0. The number of carbonyl (C=O) groups is 1. The summed E-state index contributed by atoms with van der Waals surface area (Å²) >= 11 is 5.04. The van der Waals surface area contributed by atoms with Crippen LogP contribution in [0, 0.1) is 6.92 Å². The molecule has 0 unspecified atom stereocenters. The molecule has 0 bridgehead atoms. The Morgan fingerprint density at radius 2 is 2.12 bits per heavy atom. The van der Waals surface area contributed by atoms with E-state index in [1.807, 2.05) is 12.1 Å². The van der Waals surface area contributed by atoms with Crippen molar-refractivity contribution in [1.29, 1.82) is 0 Å². The number of ketones is 1. The van der Waals surface area contributed by atoms with Crippen molar-refractivity contribution in [3.05, 3.63) is 34.7 Å². The third-order valence-electron chi connectivity index (χ3n) is 2.67. The molecule has 1 aromatic carbocycles. The van der Waals surface area contributed by atoms with Crippen molar-refractivity contribution in [1.82, 2.24) is 0 Å². The molecule has 2 rings (SSSR count). The van der Waals surface area contributed by atoms with E-state index in [1.54, 1.807) is 11.3 Å². The van der Waals surface area contributed by atoms with Gasteiger partial charge in [0.05, 0.1) is 0 Å². The molecule has 0 saturated carbocycles. The second-order valence-corrected chi connectivity index (χ2v) is 5.73. The molecule has 2 aromatic rings. The van der Waals surface area contributed by atoms with Gasteiger partial charge >= 0.3 is 0 Å². The van der Waals surface area contributed by atoms with Crippen LogP contribution in [0.25, 0.3) is 10.1 Å². The van der Waals surface area contributed by atoms with E-state index in [9.17, 15) is 4.79 Å². The van der Waals surface area contributed by atoms with E-state index in [2.05, 4.69) is 35.0 Å². The molecular weight excluding hydrogens is 284 g/mol. The van der Waals surface area contributed by atoms with Crippen LogP contribution < -0.4 is 0 Å². The minimum Gasteiger partial charge on any atom is -0.299 e. The Bertz CT molecular complexity index is 516. The summed E-state index contributed by atoms with van der Waals surface area (Å²) in [5.41, 5.74) is 1.27. The van der Waals surface area contributed by atoms with Crippen LogP contribution in [-0.2, 0) is 11.2 Å². The number of carbonyl (C=O) groups excluding carboxylic acids is 1. The Hall–Kier alpha value is -0.670. The Labute approximate surface area is 108 Å². The zero-order valence-corrected chi connectivity index (χ0v) is 11.5. The van der Waals surface area contributed by atoms with E-state index in [0.717, 1.165) is 5.33 Å². The highest BCUT2D eigenvalue weighted by molar-refractivity contribution is 9.09. The fraction of sp³-hybridized carbons (Fsp3) is 0.308. The maximum absolute atomic E-state index is 11.6. The largest absolute Gasteiger partial charge is 0.299 e. The molecule has 0 aliphatic carbocycles. The molecule has 0 aliphatic rings. The molecule has 84 valence electrons. The summed E-state index contributed by atoms with van der Waals surface area (Å²) in [5, 5.41) is 2.05. The van der Waals surface area contributed by atoms with Crippen LogP contribution in [0.15, 0.2) is 24.3 Å². The van der Waals surface area contributed by atoms with E-state index >= 15 is 0 Å². The highest BCUT2D eigenvalue weighted by atomic mass is 79.9. The predicted molar refractivity (Wildman–Crippen MR) is 73.7 cm³/mol. The van der Waals surface area contributed by atoms with Crippen LogP contribution in [0.5, 0.6) is 0 Å². The van der Waals surface area contributed by atoms with Crippen molar-refractivity contribution in [2.75, 3.05) is 5.33 Å². The minimum atomic E-state index is 0.312. The zero-order chi connectivity index (χ0) is 11.5. The van der Waals surface area contributed by atoms with E-state index in [1.165, 1.54) is 20.5 Å². The average molecular weight is 297 g/mol. The fourth-order valence-electron chi connectivity index (χ4n) is 1.77. The number of fused-ring (bicyclic) bond motifs is 1. The van der Waals surface area contributed by atoms with Gasteiger partial charge in [-0.05, 0) is 23.9 Å². The van der Waals surface area contributed by atoms with Gasteiger partial charge in [0.25, 0.3) is 0 Å². The number of halogens is 1. The molecule has 0 N–H and O–H groups in total. The second kappa shape index (κ2) is 5.11. The number of alkyl halides is 1. The standard InChI is InChI=1S/C13H13BrOS/c1-9-11-4-2-3-5-12(11)16-13(9)8-10(15)6-7-14/h2-5H,6-8H2,1H3. The fourth-order valence-corrected chi connectivity index (χ4v) is 3.45. The molecule has 0 aliphatic heterocycles. The van der Waals surface area contributed by atoms with Gasteiger partial charge in [-0.15, -0.1) is 11.3 Å². The van der Waals surface area contributed by atoms with Crippen molar-refractivity contribution < 1.29 is 4.79 Å². The van der Waals surface area contributed by atoms with Crippen LogP contribution in [-0.4, -0.2) is 11.1 Å². The van der Waals surface area contributed by atoms with Crippen LogP contribution in [0.3, 0.4) is 0 Å². The lowest BCUT2D eigenvalue weighted by molar-refractivity contribution is -0.117. The minimum absolute atomic E-state index is 0.312. The SMILES string of the molecule is Cc1c(CC(=O)CCBr)sc2ccccc12. The van der Waals surface area contributed by atoms with Gasteiger partial charge in [0.1, 0.15) is 5.78 Å².